The molecule has 3 aliphatic carbocycles. The van der Waals surface area contributed by atoms with Gasteiger partial charge in [0, 0.05) is 52.3 Å². The standard InChI is InChI=1S/C30H28O10/c1-28(35)9-30-22-19-15(24(34)27(30)40-6)11(32)8-13(38-4)17(19)16-12(37-3)7-10(31)14-18(16)20(22)21(25(39-5)23(14)33)26(28)29(30,2)36/h7-8,26-27,33-36H,9H2,1-6H3/t26-,27-,28+,29+,30-/m1/s1. The number of methoxy groups -OCH3 is 4. The molecule has 4 aromatic carbocycles. The van der Waals surface area contributed by atoms with Crippen LogP contribution in [0.1, 0.15) is 37.3 Å². The van der Waals surface area contributed by atoms with Crippen molar-refractivity contribution < 1.29 is 39.4 Å². The molecular weight excluding hydrogens is 520 g/mol. The van der Waals surface area contributed by atoms with Gasteiger partial charge in [-0.05, 0) is 31.2 Å². The average molecular weight is 549 g/mol. The number of aliphatic hydroxyl groups excluding tert-OH is 1. The first kappa shape index (κ1) is 25.1. The first-order chi connectivity index (χ1) is 18.8. The molecule has 0 amide bonds. The quantitative estimate of drug-likeness (QED) is 0.219. The van der Waals surface area contributed by atoms with Crippen LogP contribution in [-0.4, -0.2) is 66.2 Å². The van der Waals surface area contributed by atoms with Crippen LogP contribution in [0.4, 0.5) is 0 Å². The molecule has 10 nitrogen and oxygen atoms in total. The second kappa shape index (κ2) is 7.25. The van der Waals surface area contributed by atoms with Gasteiger partial charge in [0.05, 0.1) is 48.6 Å². The van der Waals surface area contributed by atoms with Gasteiger partial charge in [-0.15, -0.1) is 0 Å². The number of ether oxygens (including phenoxy) is 4. The summed E-state index contributed by atoms with van der Waals surface area (Å²) in [6, 6.07) is 2.49. The van der Waals surface area contributed by atoms with Crippen molar-refractivity contribution in [1.29, 1.82) is 0 Å². The van der Waals surface area contributed by atoms with E-state index in [2.05, 4.69) is 0 Å². The SMILES string of the molecule is COc1c2c3c4c5c(c(=O)cc(OC)c5c5c(OC)cc(=O)c(c1O)c35)=C(O)[C@@H](OC)[C@@]41C[C@](C)(O)[C@@H]2[C@]1(C)O. The molecule has 3 aliphatic rings. The van der Waals surface area contributed by atoms with E-state index in [-0.39, 0.29) is 40.0 Å². The molecule has 1 spiro atoms. The van der Waals surface area contributed by atoms with Crippen molar-refractivity contribution in [3.05, 3.63) is 48.9 Å². The fourth-order valence-corrected chi connectivity index (χ4v) is 8.69. The molecule has 40 heavy (non-hydrogen) atoms. The van der Waals surface area contributed by atoms with Gasteiger partial charge in [0.15, 0.2) is 22.4 Å². The van der Waals surface area contributed by atoms with Gasteiger partial charge in [-0.2, -0.15) is 0 Å². The summed E-state index contributed by atoms with van der Waals surface area (Å²) in [6.07, 6.45) is -1.30. The molecule has 1 fully saturated rings. The summed E-state index contributed by atoms with van der Waals surface area (Å²) >= 11 is 0. The van der Waals surface area contributed by atoms with Gasteiger partial charge in [0.2, 0.25) is 0 Å². The van der Waals surface area contributed by atoms with Crippen molar-refractivity contribution in [3.8, 4) is 23.0 Å². The topological polar surface area (TPSA) is 152 Å². The van der Waals surface area contributed by atoms with Crippen LogP contribution < -0.4 is 30.3 Å². The maximum atomic E-state index is 13.6. The Morgan fingerprint density at radius 3 is 1.98 bits per heavy atom. The number of phenolic OH excluding ortho intramolecular Hbond substituents is 1. The molecule has 208 valence electrons. The number of aliphatic hydroxyl groups is 3. The normalized spacial score (nSPS) is 30.1. The Hall–Kier alpha value is -3.86. The fraction of sp³-hybridized carbons (Fsp3) is 0.400. The Morgan fingerprint density at radius 1 is 0.800 bits per heavy atom. The van der Waals surface area contributed by atoms with Gasteiger partial charge in [0.1, 0.15) is 23.4 Å². The lowest BCUT2D eigenvalue weighted by atomic mass is 9.55. The summed E-state index contributed by atoms with van der Waals surface area (Å²) in [4.78, 5) is 27.2. The van der Waals surface area contributed by atoms with E-state index in [9.17, 15) is 30.0 Å². The number of benzene rings is 4. The number of hydrogen-bond acceptors (Lipinski definition) is 10. The minimum atomic E-state index is -1.79. The predicted octanol–water partition coefficient (Wildman–Crippen LogP) is 1.69. The minimum absolute atomic E-state index is 0.0332. The van der Waals surface area contributed by atoms with E-state index in [0.717, 1.165) is 0 Å². The van der Waals surface area contributed by atoms with E-state index in [1.54, 1.807) is 13.8 Å². The third-order valence-electron chi connectivity index (χ3n) is 9.77. The molecule has 2 bridgehead atoms. The van der Waals surface area contributed by atoms with Crippen molar-refractivity contribution >= 4 is 38.1 Å². The van der Waals surface area contributed by atoms with Crippen molar-refractivity contribution in [2.45, 2.75) is 48.9 Å². The lowest BCUT2D eigenvalue weighted by Crippen LogP contribution is -2.61. The summed E-state index contributed by atoms with van der Waals surface area (Å²) in [5, 5.41) is 49.5. The molecular formula is C30H28O10. The zero-order chi connectivity index (χ0) is 28.8. The highest BCUT2D eigenvalue weighted by Crippen LogP contribution is 2.71. The second-order valence-corrected chi connectivity index (χ2v) is 11.5. The van der Waals surface area contributed by atoms with Crippen LogP contribution in [0, 0.1) is 0 Å². The summed E-state index contributed by atoms with van der Waals surface area (Å²) in [5.74, 6) is -1.60. The van der Waals surface area contributed by atoms with E-state index < -0.39 is 45.2 Å². The fourth-order valence-electron chi connectivity index (χ4n) is 8.69. The highest BCUT2D eigenvalue weighted by Gasteiger charge is 2.74. The highest BCUT2D eigenvalue weighted by atomic mass is 16.5. The predicted molar refractivity (Wildman–Crippen MR) is 146 cm³/mol. The molecule has 0 heterocycles. The van der Waals surface area contributed by atoms with Gasteiger partial charge in [-0.25, -0.2) is 0 Å². The molecule has 0 radical (unpaired) electrons. The van der Waals surface area contributed by atoms with Gasteiger partial charge >= 0.3 is 0 Å². The molecule has 4 aromatic rings. The highest BCUT2D eigenvalue weighted by molar-refractivity contribution is 6.30. The number of aromatic hydroxyl groups is 1. The molecule has 1 saturated carbocycles. The van der Waals surface area contributed by atoms with Gasteiger partial charge in [0.25, 0.3) is 0 Å². The van der Waals surface area contributed by atoms with Crippen molar-refractivity contribution in [2.75, 3.05) is 28.4 Å². The zero-order valence-corrected chi connectivity index (χ0v) is 22.8. The molecule has 5 atom stereocenters. The molecule has 7 rings (SSSR count). The Bertz CT molecular complexity index is 2010. The number of rotatable bonds is 4. The summed E-state index contributed by atoms with van der Waals surface area (Å²) in [7, 11) is 5.50. The zero-order valence-electron chi connectivity index (χ0n) is 22.8. The maximum absolute atomic E-state index is 13.6. The molecule has 0 saturated heterocycles. The number of phenols is 1. The Balaban J connectivity index is 2.01. The molecule has 0 unspecified atom stereocenters. The molecule has 0 aromatic heterocycles. The van der Waals surface area contributed by atoms with E-state index in [1.165, 1.54) is 40.6 Å². The van der Waals surface area contributed by atoms with Gasteiger partial charge < -0.3 is 39.4 Å². The van der Waals surface area contributed by atoms with Gasteiger partial charge in [-0.3, -0.25) is 9.59 Å². The van der Waals surface area contributed by atoms with Crippen LogP contribution in [0.3, 0.4) is 0 Å². The Morgan fingerprint density at radius 2 is 1.40 bits per heavy atom. The van der Waals surface area contributed by atoms with E-state index in [1.807, 2.05) is 0 Å². The third kappa shape index (κ3) is 2.32. The van der Waals surface area contributed by atoms with E-state index in [0.29, 0.717) is 38.1 Å². The largest absolute Gasteiger partial charge is 0.509 e. The number of fused-ring (bicyclic) bond motifs is 3. The van der Waals surface area contributed by atoms with E-state index >= 15 is 0 Å². The maximum Gasteiger partial charge on any atom is 0.194 e. The monoisotopic (exact) mass is 548 g/mol. The van der Waals surface area contributed by atoms with Crippen LogP contribution in [0.25, 0.3) is 38.1 Å². The smallest absolute Gasteiger partial charge is 0.194 e. The molecule has 10 heteroatoms. The Labute approximate surface area is 226 Å². The van der Waals surface area contributed by atoms with Crippen LogP contribution >= 0.6 is 0 Å². The first-order valence-corrected chi connectivity index (χ1v) is 12.8. The van der Waals surface area contributed by atoms with Crippen LogP contribution in [0.2, 0.25) is 0 Å². The molecule has 0 aliphatic heterocycles. The van der Waals surface area contributed by atoms with Crippen LogP contribution in [0.15, 0.2) is 21.7 Å². The summed E-state index contributed by atoms with van der Waals surface area (Å²) in [5.41, 5.74) is -5.24. The summed E-state index contributed by atoms with van der Waals surface area (Å²) < 4.78 is 22.9. The third-order valence-corrected chi connectivity index (χ3v) is 9.77. The second-order valence-electron chi connectivity index (χ2n) is 11.5. The average Bonchev–Trinajstić information content (AvgIpc) is 2.97. The van der Waals surface area contributed by atoms with Gasteiger partial charge in [-0.1, -0.05) is 0 Å². The first-order valence-electron chi connectivity index (χ1n) is 12.8. The lowest BCUT2D eigenvalue weighted by molar-refractivity contribution is -0.0800. The Kier molecular flexibility index (Phi) is 4.56. The van der Waals surface area contributed by atoms with Crippen molar-refractivity contribution in [2.24, 2.45) is 0 Å². The molecule has 4 N–H and O–H groups in total. The minimum Gasteiger partial charge on any atom is -0.509 e. The summed E-state index contributed by atoms with van der Waals surface area (Å²) in [6.45, 7) is 3.13. The lowest BCUT2D eigenvalue weighted by Gasteiger charge is -2.52. The van der Waals surface area contributed by atoms with E-state index in [4.69, 9.17) is 18.9 Å². The number of hydrogen-bond donors (Lipinski definition) is 4. The van der Waals surface area contributed by atoms with Crippen molar-refractivity contribution in [3.63, 3.8) is 0 Å². The van der Waals surface area contributed by atoms with Crippen LogP contribution in [-0.2, 0) is 10.2 Å². The van der Waals surface area contributed by atoms with Crippen molar-refractivity contribution in [1.82, 2.24) is 0 Å². The van der Waals surface area contributed by atoms with Crippen LogP contribution in [0.5, 0.6) is 23.0 Å².